The van der Waals surface area contributed by atoms with E-state index in [0.717, 1.165) is 5.56 Å². The molecule has 0 aliphatic rings. The van der Waals surface area contributed by atoms with Gasteiger partial charge in [-0.05, 0) is 18.6 Å². The zero-order valence-electron chi connectivity index (χ0n) is 8.00. The molecule has 4 heteroatoms. The molecule has 2 N–H and O–H groups in total. The molecule has 0 unspecified atom stereocenters. The molecule has 0 saturated heterocycles. The second-order valence-electron chi connectivity index (χ2n) is 3.07. The average Bonchev–Trinajstić information content (AvgIpc) is 2.02. The molecule has 0 radical (unpaired) electrons. The number of pyridine rings is 1. The molecule has 1 heterocycles. The van der Waals surface area contributed by atoms with E-state index in [1.54, 1.807) is 11.0 Å². The van der Waals surface area contributed by atoms with E-state index >= 15 is 0 Å². The van der Waals surface area contributed by atoms with Gasteiger partial charge in [0.05, 0.1) is 5.56 Å². The average molecular weight is 176 g/mol. The summed E-state index contributed by atoms with van der Waals surface area (Å²) in [6, 6.07) is 3.81. The van der Waals surface area contributed by atoms with Gasteiger partial charge < -0.3 is 10.6 Å². The largest absolute Gasteiger partial charge is 0.384 e. The Bertz CT molecular complexity index is 363. The summed E-state index contributed by atoms with van der Waals surface area (Å²) < 4.78 is 0. The zero-order chi connectivity index (χ0) is 10.0. The fourth-order valence-electron chi connectivity index (χ4n) is 1.14. The van der Waals surface area contributed by atoms with Crippen LogP contribution >= 0.6 is 0 Å². The van der Waals surface area contributed by atoms with Crippen molar-refractivity contribution in [3.8, 4) is 6.07 Å². The van der Waals surface area contributed by atoms with Crippen LogP contribution in [0.1, 0.15) is 11.1 Å². The maximum atomic E-state index is 8.88. The van der Waals surface area contributed by atoms with Crippen LogP contribution < -0.4 is 10.6 Å². The third-order valence-corrected chi connectivity index (χ3v) is 1.75. The van der Waals surface area contributed by atoms with Crippen molar-refractivity contribution in [1.82, 2.24) is 4.98 Å². The smallest absolute Gasteiger partial charge is 0.148 e. The van der Waals surface area contributed by atoms with Crippen molar-refractivity contribution in [3.63, 3.8) is 0 Å². The second kappa shape index (κ2) is 3.31. The Balaban J connectivity index is 3.41. The van der Waals surface area contributed by atoms with E-state index in [1.807, 2.05) is 21.0 Å². The van der Waals surface area contributed by atoms with Crippen molar-refractivity contribution in [1.29, 1.82) is 5.26 Å². The van der Waals surface area contributed by atoms with E-state index in [2.05, 4.69) is 11.1 Å². The normalized spacial score (nSPS) is 9.38. The monoisotopic (exact) mass is 176 g/mol. The predicted molar refractivity (Wildman–Crippen MR) is 52.4 cm³/mol. The van der Waals surface area contributed by atoms with Crippen LogP contribution in [0, 0.1) is 18.3 Å². The molecule has 0 fully saturated rings. The van der Waals surface area contributed by atoms with Crippen LogP contribution in [0.2, 0.25) is 0 Å². The minimum Gasteiger partial charge on any atom is -0.384 e. The first-order valence-corrected chi connectivity index (χ1v) is 3.90. The topological polar surface area (TPSA) is 65.9 Å². The summed E-state index contributed by atoms with van der Waals surface area (Å²) in [7, 11) is 3.67. The number of nitrogens with zero attached hydrogens (tertiary/aromatic N) is 3. The fourth-order valence-corrected chi connectivity index (χ4v) is 1.14. The first-order chi connectivity index (χ1) is 6.06. The van der Waals surface area contributed by atoms with Gasteiger partial charge in [0, 0.05) is 14.1 Å². The lowest BCUT2D eigenvalue weighted by Gasteiger charge is -2.14. The van der Waals surface area contributed by atoms with Gasteiger partial charge in [0.2, 0.25) is 0 Å². The summed E-state index contributed by atoms with van der Waals surface area (Å²) in [4.78, 5) is 5.87. The lowest BCUT2D eigenvalue weighted by atomic mass is 10.1. The highest BCUT2D eigenvalue weighted by molar-refractivity contribution is 5.60. The summed E-state index contributed by atoms with van der Waals surface area (Å²) in [5.74, 6) is 1.07. The van der Waals surface area contributed by atoms with Crippen molar-refractivity contribution in [3.05, 3.63) is 17.2 Å². The van der Waals surface area contributed by atoms with Gasteiger partial charge >= 0.3 is 0 Å². The van der Waals surface area contributed by atoms with Gasteiger partial charge in [-0.1, -0.05) is 0 Å². The standard InChI is InChI=1S/C9H12N4/c1-6-4-8(11)12-9(13(2)3)7(6)5-10/h4H,1-3H3,(H2,11,12). The number of aromatic nitrogens is 1. The van der Waals surface area contributed by atoms with Crippen LogP contribution in [0.5, 0.6) is 0 Å². The molecule has 0 spiro atoms. The number of hydrogen-bond acceptors (Lipinski definition) is 4. The van der Waals surface area contributed by atoms with Crippen molar-refractivity contribution in [2.24, 2.45) is 0 Å². The summed E-state index contributed by atoms with van der Waals surface area (Å²) in [5.41, 5.74) is 7.02. The summed E-state index contributed by atoms with van der Waals surface area (Å²) >= 11 is 0. The van der Waals surface area contributed by atoms with Crippen molar-refractivity contribution in [2.45, 2.75) is 6.92 Å². The second-order valence-corrected chi connectivity index (χ2v) is 3.07. The third kappa shape index (κ3) is 1.70. The van der Waals surface area contributed by atoms with Gasteiger partial charge in [-0.3, -0.25) is 0 Å². The minimum atomic E-state index is 0.445. The fraction of sp³-hybridized carbons (Fsp3) is 0.333. The van der Waals surface area contributed by atoms with E-state index in [9.17, 15) is 0 Å². The van der Waals surface area contributed by atoms with E-state index in [0.29, 0.717) is 17.2 Å². The Kier molecular flexibility index (Phi) is 2.38. The van der Waals surface area contributed by atoms with Crippen LogP contribution in [0.15, 0.2) is 6.07 Å². The summed E-state index contributed by atoms with van der Waals surface area (Å²) in [6.07, 6.45) is 0. The Morgan fingerprint density at radius 2 is 2.15 bits per heavy atom. The number of nitrogens with two attached hydrogens (primary N) is 1. The molecular formula is C9H12N4. The molecule has 0 aliphatic carbocycles. The Morgan fingerprint density at radius 3 is 2.62 bits per heavy atom. The van der Waals surface area contributed by atoms with Crippen LogP contribution in [-0.2, 0) is 0 Å². The van der Waals surface area contributed by atoms with Gasteiger partial charge in [0.25, 0.3) is 0 Å². The lowest BCUT2D eigenvalue weighted by Crippen LogP contribution is -2.14. The molecule has 1 rings (SSSR count). The van der Waals surface area contributed by atoms with Gasteiger partial charge in [-0.15, -0.1) is 0 Å². The highest BCUT2D eigenvalue weighted by Crippen LogP contribution is 2.20. The molecule has 0 saturated carbocycles. The molecule has 0 aromatic carbocycles. The SMILES string of the molecule is Cc1cc(N)nc(N(C)C)c1C#N. The van der Waals surface area contributed by atoms with E-state index in [-0.39, 0.29) is 0 Å². The predicted octanol–water partition coefficient (Wildman–Crippen LogP) is 0.910. The third-order valence-electron chi connectivity index (χ3n) is 1.75. The maximum absolute atomic E-state index is 8.88. The molecule has 1 aromatic heterocycles. The lowest BCUT2D eigenvalue weighted by molar-refractivity contribution is 1.06. The van der Waals surface area contributed by atoms with Crippen LogP contribution in [0.25, 0.3) is 0 Å². The molecule has 1 aromatic rings. The molecule has 0 aliphatic heterocycles. The van der Waals surface area contributed by atoms with Gasteiger partial charge in [-0.25, -0.2) is 4.98 Å². The zero-order valence-corrected chi connectivity index (χ0v) is 8.00. The first kappa shape index (κ1) is 9.33. The van der Waals surface area contributed by atoms with E-state index in [1.165, 1.54) is 0 Å². The van der Waals surface area contributed by atoms with Gasteiger partial charge in [0.1, 0.15) is 17.7 Å². The molecule has 4 nitrogen and oxygen atoms in total. The van der Waals surface area contributed by atoms with Gasteiger partial charge in [-0.2, -0.15) is 5.26 Å². The number of aryl methyl sites for hydroxylation is 1. The quantitative estimate of drug-likeness (QED) is 0.690. The molecule has 0 bridgehead atoms. The highest BCUT2D eigenvalue weighted by Gasteiger charge is 2.09. The van der Waals surface area contributed by atoms with E-state index in [4.69, 9.17) is 11.0 Å². The van der Waals surface area contributed by atoms with Crippen LogP contribution in [-0.4, -0.2) is 19.1 Å². The molecule has 13 heavy (non-hydrogen) atoms. The Morgan fingerprint density at radius 1 is 1.54 bits per heavy atom. The van der Waals surface area contributed by atoms with Crippen molar-refractivity contribution in [2.75, 3.05) is 24.7 Å². The maximum Gasteiger partial charge on any atom is 0.148 e. The number of hydrogen-bond donors (Lipinski definition) is 1. The van der Waals surface area contributed by atoms with Crippen LogP contribution in [0.3, 0.4) is 0 Å². The molecular weight excluding hydrogens is 164 g/mol. The number of nitrogen functional groups attached to an aromatic ring is 1. The summed E-state index contributed by atoms with van der Waals surface area (Å²) in [6.45, 7) is 1.85. The minimum absolute atomic E-state index is 0.445. The van der Waals surface area contributed by atoms with Crippen molar-refractivity contribution >= 4 is 11.6 Å². The Labute approximate surface area is 77.6 Å². The first-order valence-electron chi connectivity index (χ1n) is 3.90. The Hall–Kier alpha value is -1.76. The number of nitriles is 1. The van der Waals surface area contributed by atoms with Gasteiger partial charge in [0.15, 0.2) is 0 Å². The molecule has 0 amide bonds. The number of rotatable bonds is 1. The number of anilines is 2. The molecule has 68 valence electrons. The highest BCUT2D eigenvalue weighted by atomic mass is 15.1. The summed E-state index contributed by atoms with van der Waals surface area (Å²) in [5, 5.41) is 8.88. The van der Waals surface area contributed by atoms with E-state index < -0.39 is 0 Å². The molecule has 0 atom stereocenters. The van der Waals surface area contributed by atoms with Crippen LogP contribution in [0.4, 0.5) is 11.6 Å². The van der Waals surface area contributed by atoms with Crippen molar-refractivity contribution < 1.29 is 0 Å².